The summed E-state index contributed by atoms with van der Waals surface area (Å²) in [4.78, 5) is 0. The lowest BCUT2D eigenvalue weighted by atomic mass is 10.2. The molecule has 0 radical (unpaired) electrons. The first-order chi connectivity index (χ1) is 7.79. The molecule has 0 fully saturated rings. The number of aromatic nitrogens is 3. The lowest BCUT2D eigenvalue weighted by Crippen LogP contribution is -2.04. The average Bonchev–Trinajstić information content (AvgIpc) is 2.61. The first-order valence-corrected chi connectivity index (χ1v) is 7.63. The van der Waals surface area contributed by atoms with Crippen molar-refractivity contribution in [3.63, 3.8) is 0 Å². The highest BCUT2D eigenvalue weighted by Crippen LogP contribution is 2.12. The summed E-state index contributed by atoms with van der Waals surface area (Å²) in [5, 5.41) is 8.56. The molecule has 0 saturated carbocycles. The van der Waals surface area contributed by atoms with Crippen molar-refractivity contribution >= 4 is 23.4 Å². The average molecular weight is 262 g/mol. The monoisotopic (exact) mass is 261 g/mol. The van der Waals surface area contributed by atoms with Gasteiger partial charge in [0.05, 0.1) is 0 Å². The molecule has 0 saturated heterocycles. The van der Waals surface area contributed by atoms with Gasteiger partial charge in [0, 0.05) is 13.0 Å². The zero-order valence-corrected chi connectivity index (χ0v) is 11.7. The molecule has 1 heterocycles. The molecule has 92 valence electrons. The Kier molecular flexibility index (Phi) is 6.88. The summed E-state index contributed by atoms with van der Waals surface area (Å²) in [5.41, 5.74) is 0. The van der Waals surface area contributed by atoms with Crippen LogP contribution in [0.2, 0.25) is 5.28 Å². The molecule has 16 heavy (non-hydrogen) atoms. The van der Waals surface area contributed by atoms with Gasteiger partial charge in [0.15, 0.2) is 0 Å². The van der Waals surface area contributed by atoms with Crippen LogP contribution in [-0.2, 0) is 13.0 Å². The number of rotatable bonds is 8. The number of nitrogens with zero attached hydrogens (tertiary/aromatic N) is 3. The van der Waals surface area contributed by atoms with Crippen LogP contribution >= 0.6 is 23.4 Å². The highest BCUT2D eigenvalue weighted by atomic mass is 35.5. The number of aryl methyl sites for hydroxylation is 1. The molecule has 1 rings (SSSR count). The van der Waals surface area contributed by atoms with Gasteiger partial charge >= 0.3 is 0 Å². The molecule has 0 amide bonds. The second kappa shape index (κ2) is 7.96. The second-order valence-corrected chi connectivity index (χ2v) is 5.16. The van der Waals surface area contributed by atoms with Gasteiger partial charge in [-0.25, -0.2) is 0 Å². The SMILES string of the molecule is CCCc1nnc(Cl)n1CCCCCSC. The number of unbranched alkanes of at least 4 members (excludes halogenated alkanes) is 2. The van der Waals surface area contributed by atoms with Gasteiger partial charge in [-0.05, 0) is 42.9 Å². The van der Waals surface area contributed by atoms with E-state index < -0.39 is 0 Å². The Morgan fingerprint density at radius 2 is 2.06 bits per heavy atom. The van der Waals surface area contributed by atoms with Crippen molar-refractivity contribution in [2.24, 2.45) is 0 Å². The molecule has 3 nitrogen and oxygen atoms in total. The maximum absolute atomic E-state index is 6.01. The van der Waals surface area contributed by atoms with Crippen LogP contribution in [-0.4, -0.2) is 26.8 Å². The fraction of sp³-hybridized carbons (Fsp3) is 0.818. The van der Waals surface area contributed by atoms with Gasteiger partial charge in [0.1, 0.15) is 5.82 Å². The molecule has 0 aliphatic carbocycles. The molecule has 1 aromatic heterocycles. The van der Waals surface area contributed by atoms with Crippen molar-refractivity contribution in [1.29, 1.82) is 0 Å². The zero-order chi connectivity index (χ0) is 11.8. The Balaban J connectivity index is 2.36. The van der Waals surface area contributed by atoms with E-state index in [0.717, 1.165) is 31.6 Å². The summed E-state index contributed by atoms with van der Waals surface area (Å²) >= 11 is 7.91. The van der Waals surface area contributed by atoms with E-state index in [-0.39, 0.29) is 0 Å². The van der Waals surface area contributed by atoms with Crippen molar-refractivity contribution in [1.82, 2.24) is 14.8 Å². The van der Waals surface area contributed by atoms with Crippen molar-refractivity contribution < 1.29 is 0 Å². The maximum atomic E-state index is 6.01. The number of halogens is 1. The Hall–Kier alpha value is -0.220. The van der Waals surface area contributed by atoms with Gasteiger partial charge in [-0.2, -0.15) is 11.8 Å². The van der Waals surface area contributed by atoms with E-state index in [4.69, 9.17) is 11.6 Å². The highest BCUT2D eigenvalue weighted by molar-refractivity contribution is 7.98. The fourth-order valence-corrected chi connectivity index (χ4v) is 2.35. The van der Waals surface area contributed by atoms with E-state index >= 15 is 0 Å². The van der Waals surface area contributed by atoms with Crippen molar-refractivity contribution in [3.8, 4) is 0 Å². The van der Waals surface area contributed by atoms with Crippen molar-refractivity contribution in [2.45, 2.75) is 45.6 Å². The molecule has 1 aromatic rings. The summed E-state index contributed by atoms with van der Waals surface area (Å²) in [5.74, 6) is 2.27. The minimum Gasteiger partial charge on any atom is -0.302 e. The smallest absolute Gasteiger partial charge is 0.225 e. The molecule has 0 spiro atoms. The van der Waals surface area contributed by atoms with Crippen LogP contribution < -0.4 is 0 Å². The molecule has 0 aliphatic rings. The molecular formula is C11H20ClN3S. The summed E-state index contributed by atoms with van der Waals surface area (Å²) in [6, 6.07) is 0. The molecule has 0 aromatic carbocycles. The normalized spacial score (nSPS) is 10.9. The summed E-state index contributed by atoms with van der Waals surface area (Å²) in [7, 11) is 0. The third-order valence-electron chi connectivity index (χ3n) is 2.49. The topological polar surface area (TPSA) is 30.7 Å². The minimum atomic E-state index is 0.535. The van der Waals surface area contributed by atoms with E-state index in [1.165, 1.54) is 18.6 Å². The van der Waals surface area contributed by atoms with E-state index in [0.29, 0.717) is 5.28 Å². The predicted molar refractivity (Wildman–Crippen MR) is 71.3 cm³/mol. The lowest BCUT2D eigenvalue weighted by Gasteiger charge is -2.06. The van der Waals surface area contributed by atoms with Crippen molar-refractivity contribution in [2.75, 3.05) is 12.0 Å². The van der Waals surface area contributed by atoms with E-state index in [1.54, 1.807) is 0 Å². The van der Waals surface area contributed by atoms with Crippen molar-refractivity contribution in [3.05, 3.63) is 11.1 Å². The first-order valence-electron chi connectivity index (χ1n) is 5.86. The Morgan fingerprint density at radius 3 is 2.75 bits per heavy atom. The second-order valence-electron chi connectivity index (χ2n) is 3.84. The summed E-state index contributed by atoms with van der Waals surface area (Å²) < 4.78 is 2.05. The quantitative estimate of drug-likeness (QED) is 0.672. The van der Waals surface area contributed by atoms with E-state index in [1.807, 2.05) is 16.3 Å². The minimum absolute atomic E-state index is 0.535. The first kappa shape index (κ1) is 13.8. The Morgan fingerprint density at radius 1 is 1.25 bits per heavy atom. The molecule has 5 heteroatoms. The predicted octanol–water partition coefficient (Wildman–Crippen LogP) is 3.42. The molecule has 0 atom stereocenters. The van der Waals surface area contributed by atoms with Gasteiger partial charge in [-0.1, -0.05) is 13.3 Å². The zero-order valence-electron chi connectivity index (χ0n) is 10.1. The molecular weight excluding hydrogens is 242 g/mol. The lowest BCUT2D eigenvalue weighted by molar-refractivity contribution is 0.578. The molecule has 0 N–H and O–H groups in total. The third kappa shape index (κ3) is 4.34. The van der Waals surface area contributed by atoms with Crippen LogP contribution in [0.25, 0.3) is 0 Å². The van der Waals surface area contributed by atoms with Gasteiger partial charge in [0.2, 0.25) is 5.28 Å². The van der Waals surface area contributed by atoms with Gasteiger partial charge in [-0.15, -0.1) is 10.2 Å². The number of thioether (sulfide) groups is 1. The molecule has 0 aliphatic heterocycles. The van der Waals surface area contributed by atoms with Crippen LogP contribution in [0.4, 0.5) is 0 Å². The highest BCUT2D eigenvalue weighted by Gasteiger charge is 2.08. The summed E-state index contributed by atoms with van der Waals surface area (Å²) in [6.07, 6.45) is 7.89. The van der Waals surface area contributed by atoms with Crippen LogP contribution in [0, 0.1) is 0 Å². The largest absolute Gasteiger partial charge is 0.302 e. The molecule has 0 unspecified atom stereocenters. The summed E-state index contributed by atoms with van der Waals surface area (Å²) in [6.45, 7) is 3.10. The number of hydrogen-bond acceptors (Lipinski definition) is 3. The number of hydrogen-bond donors (Lipinski definition) is 0. The van der Waals surface area contributed by atoms with Crippen LogP contribution in [0.15, 0.2) is 0 Å². The fourth-order valence-electron chi connectivity index (χ4n) is 1.64. The van der Waals surface area contributed by atoms with Crippen LogP contribution in [0.5, 0.6) is 0 Å². The van der Waals surface area contributed by atoms with Crippen LogP contribution in [0.1, 0.15) is 38.4 Å². The standard InChI is InChI=1S/C11H20ClN3S/c1-3-7-10-13-14-11(12)15(10)8-5-4-6-9-16-2/h3-9H2,1-2H3. The molecule has 0 bridgehead atoms. The Labute approximate surface area is 107 Å². The van der Waals surface area contributed by atoms with Gasteiger partial charge in [-0.3, -0.25) is 0 Å². The van der Waals surface area contributed by atoms with Gasteiger partial charge in [0.25, 0.3) is 0 Å². The van der Waals surface area contributed by atoms with E-state index in [2.05, 4.69) is 23.4 Å². The van der Waals surface area contributed by atoms with E-state index in [9.17, 15) is 0 Å². The van der Waals surface area contributed by atoms with Gasteiger partial charge < -0.3 is 4.57 Å². The van der Waals surface area contributed by atoms with Crippen LogP contribution in [0.3, 0.4) is 0 Å². The Bertz CT molecular complexity index is 301. The third-order valence-corrected chi connectivity index (χ3v) is 3.46. The maximum Gasteiger partial charge on any atom is 0.225 e.